The van der Waals surface area contributed by atoms with Gasteiger partial charge in [-0.2, -0.15) is 9.78 Å². The Bertz CT molecular complexity index is 406. The largest absolute Gasteiger partial charge is 0.504 e. The molecule has 0 spiro atoms. The fraction of sp³-hybridized carbons (Fsp3) is 0.556. The molecular weight excluding hydrogens is 239 g/mol. The predicted molar refractivity (Wildman–Crippen MR) is 53.4 cm³/mol. The average molecular weight is 251 g/mol. The number of nitrogens with zero attached hydrogens (tertiary/aromatic N) is 2. The highest BCUT2D eigenvalue weighted by Gasteiger charge is 2.31. The number of anilines is 1. The Labute approximate surface area is 95.5 Å². The third-order valence-electron chi connectivity index (χ3n) is 1.49. The number of halogens is 3. The van der Waals surface area contributed by atoms with Gasteiger partial charge < -0.3 is 4.74 Å². The number of aromatic nitrogens is 2. The van der Waals surface area contributed by atoms with Crippen LogP contribution in [0.3, 0.4) is 0 Å². The molecule has 0 aliphatic heterocycles. The zero-order valence-corrected chi connectivity index (χ0v) is 9.50. The quantitative estimate of drug-likeness (QED) is 0.834. The molecule has 1 aromatic heterocycles. The summed E-state index contributed by atoms with van der Waals surface area (Å²) in [6, 6.07) is 0. The van der Waals surface area contributed by atoms with Gasteiger partial charge in [-0.05, 0) is 20.8 Å². The van der Waals surface area contributed by atoms with Crippen LogP contribution >= 0.6 is 0 Å². The molecule has 0 radical (unpaired) electrons. The van der Waals surface area contributed by atoms with E-state index in [4.69, 9.17) is 4.74 Å². The summed E-state index contributed by atoms with van der Waals surface area (Å²) in [7, 11) is 0. The third-order valence-corrected chi connectivity index (χ3v) is 1.49. The lowest BCUT2D eigenvalue weighted by Gasteiger charge is -2.19. The van der Waals surface area contributed by atoms with Crippen molar-refractivity contribution in [2.75, 3.05) is 5.32 Å². The number of amides is 1. The van der Waals surface area contributed by atoms with E-state index < -0.39 is 18.0 Å². The molecule has 0 atom stereocenters. The van der Waals surface area contributed by atoms with Crippen molar-refractivity contribution in [3.05, 3.63) is 12.4 Å². The molecule has 96 valence electrons. The van der Waals surface area contributed by atoms with Gasteiger partial charge in [0, 0.05) is 0 Å². The number of nitrogens with one attached hydrogen (secondary N) is 1. The average Bonchev–Trinajstić information content (AvgIpc) is 2.47. The Balaban J connectivity index is 2.65. The third kappa shape index (κ3) is 4.33. The lowest BCUT2D eigenvalue weighted by Crippen LogP contribution is -2.27. The maximum atomic E-state index is 12.2. The Morgan fingerprint density at radius 3 is 2.41 bits per heavy atom. The minimum atomic E-state index is -4.60. The van der Waals surface area contributed by atoms with E-state index in [1.54, 1.807) is 20.8 Å². The molecule has 0 fully saturated rings. The highest BCUT2D eigenvalue weighted by molar-refractivity contribution is 5.84. The maximum Gasteiger partial charge on any atom is 0.504 e. The van der Waals surface area contributed by atoms with Crippen molar-refractivity contribution in [2.45, 2.75) is 32.7 Å². The Morgan fingerprint density at radius 1 is 1.41 bits per heavy atom. The van der Waals surface area contributed by atoms with Gasteiger partial charge in [0.25, 0.3) is 0 Å². The number of carbonyl (C=O) groups excluding carboxylic acids is 1. The lowest BCUT2D eigenvalue weighted by molar-refractivity contribution is -0.212. The van der Waals surface area contributed by atoms with Crippen molar-refractivity contribution < 1.29 is 22.7 Å². The molecule has 0 bridgehead atoms. The maximum absolute atomic E-state index is 12.2. The van der Waals surface area contributed by atoms with Gasteiger partial charge in [0.2, 0.25) is 0 Å². The number of ether oxygens (including phenoxy) is 1. The fourth-order valence-electron chi connectivity index (χ4n) is 0.947. The molecule has 1 N–H and O–H groups in total. The highest BCUT2D eigenvalue weighted by Crippen LogP contribution is 2.22. The Hall–Kier alpha value is -1.73. The molecule has 8 heteroatoms. The second-order valence-electron chi connectivity index (χ2n) is 4.27. The molecule has 0 saturated carbocycles. The van der Waals surface area contributed by atoms with E-state index in [0.717, 1.165) is 6.20 Å². The minimum absolute atomic E-state index is 0.0865. The number of hydrogen-bond acceptors (Lipinski definition) is 3. The molecule has 1 amide bonds. The van der Waals surface area contributed by atoms with Crippen molar-refractivity contribution in [1.29, 1.82) is 0 Å². The van der Waals surface area contributed by atoms with Gasteiger partial charge in [0.05, 0.1) is 18.1 Å². The molecule has 1 heterocycles. The first-order chi connectivity index (χ1) is 7.58. The minimum Gasteiger partial charge on any atom is -0.444 e. The molecule has 1 rings (SSSR count). The smallest absolute Gasteiger partial charge is 0.444 e. The van der Waals surface area contributed by atoms with Crippen LogP contribution in [0.5, 0.6) is 0 Å². The van der Waals surface area contributed by atoms with E-state index in [2.05, 4.69) is 10.4 Å². The number of hydrogen-bond donors (Lipinski definition) is 1. The van der Waals surface area contributed by atoms with Crippen LogP contribution in [0.25, 0.3) is 0 Å². The zero-order chi connectivity index (χ0) is 13.3. The number of carbonyl (C=O) groups is 1. The van der Waals surface area contributed by atoms with Crippen molar-refractivity contribution >= 4 is 11.8 Å². The first-order valence-electron chi connectivity index (χ1n) is 4.70. The molecule has 0 aliphatic carbocycles. The SMILES string of the molecule is CC(C)(C)OC(=O)Nc1cnn(C(F)(F)F)c1. The Kier molecular flexibility index (Phi) is 3.35. The summed E-state index contributed by atoms with van der Waals surface area (Å²) in [4.78, 5) is 11.2. The second-order valence-corrected chi connectivity index (χ2v) is 4.27. The Morgan fingerprint density at radius 2 is 2.00 bits per heavy atom. The van der Waals surface area contributed by atoms with Gasteiger partial charge in [-0.15, -0.1) is 13.2 Å². The predicted octanol–water partition coefficient (Wildman–Crippen LogP) is 2.71. The van der Waals surface area contributed by atoms with E-state index in [-0.39, 0.29) is 10.4 Å². The van der Waals surface area contributed by atoms with Crippen LogP contribution in [0, 0.1) is 0 Å². The van der Waals surface area contributed by atoms with E-state index >= 15 is 0 Å². The van der Waals surface area contributed by atoms with Crippen LogP contribution < -0.4 is 5.32 Å². The van der Waals surface area contributed by atoms with Gasteiger partial charge >= 0.3 is 12.4 Å². The van der Waals surface area contributed by atoms with Crippen molar-refractivity contribution in [2.24, 2.45) is 0 Å². The normalized spacial score (nSPS) is 12.4. The topological polar surface area (TPSA) is 56.1 Å². The van der Waals surface area contributed by atoms with Crippen LogP contribution in [-0.4, -0.2) is 21.5 Å². The molecule has 0 unspecified atom stereocenters. The van der Waals surface area contributed by atoms with E-state index in [1.165, 1.54) is 0 Å². The van der Waals surface area contributed by atoms with Crippen LogP contribution in [0.2, 0.25) is 0 Å². The van der Waals surface area contributed by atoms with E-state index in [0.29, 0.717) is 6.20 Å². The summed E-state index contributed by atoms with van der Waals surface area (Å²) in [6.45, 7) is 4.93. The second kappa shape index (κ2) is 4.27. The van der Waals surface area contributed by atoms with Crippen molar-refractivity contribution in [3.63, 3.8) is 0 Å². The zero-order valence-electron chi connectivity index (χ0n) is 9.50. The van der Waals surface area contributed by atoms with Crippen LogP contribution in [0.1, 0.15) is 20.8 Å². The summed E-state index contributed by atoms with van der Waals surface area (Å²) in [5, 5.41) is 5.20. The van der Waals surface area contributed by atoms with Gasteiger partial charge in [0.15, 0.2) is 0 Å². The van der Waals surface area contributed by atoms with Crippen molar-refractivity contribution in [3.8, 4) is 0 Å². The van der Waals surface area contributed by atoms with E-state index in [1.807, 2.05) is 0 Å². The lowest BCUT2D eigenvalue weighted by atomic mass is 10.2. The van der Waals surface area contributed by atoms with E-state index in [9.17, 15) is 18.0 Å². The van der Waals surface area contributed by atoms with Crippen LogP contribution in [0.15, 0.2) is 12.4 Å². The van der Waals surface area contributed by atoms with Gasteiger partial charge in [-0.3, -0.25) is 5.32 Å². The van der Waals surface area contributed by atoms with Gasteiger partial charge in [-0.1, -0.05) is 0 Å². The van der Waals surface area contributed by atoms with Crippen LogP contribution in [-0.2, 0) is 11.0 Å². The van der Waals surface area contributed by atoms with Gasteiger partial charge in [0.1, 0.15) is 5.60 Å². The highest BCUT2D eigenvalue weighted by atomic mass is 19.4. The van der Waals surface area contributed by atoms with Crippen LogP contribution in [0.4, 0.5) is 23.7 Å². The monoisotopic (exact) mass is 251 g/mol. The summed E-state index contributed by atoms with van der Waals surface area (Å²) in [5.41, 5.74) is -0.805. The summed E-state index contributed by atoms with van der Waals surface area (Å²) in [5.74, 6) is 0. The molecule has 17 heavy (non-hydrogen) atoms. The fourth-order valence-corrected chi connectivity index (χ4v) is 0.947. The molecule has 0 aliphatic rings. The molecule has 0 saturated heterocycles. The molecule has 0 aromatic carbocycles. The first kappa shape index (κ1) is 13.3. The summed E-state index contributed by atoms with van der Waals surface area (Å²) >= 11 is 0. The summed E-state index contributed by atoms with van der Waals surface area (Å²) < 4.78 is 41.2. The number of rotatable bonds is 1. The number of alkyl halides is 3. The standard InChI is InChI=1S/C9H12F3N3O2/c1-8(2,3)17-7(16)14-6-4-13-15(5-6)9(10,11)12/h4-5H,1-3H3,(H,14,16). The summed E-state index contributed by atoms with van der Waals surface area (Å²) in [6.07, 6.45) is -3.89. The van der Waals surface area contributed by atoms with Gasteiger partial charge in [-0.25, -0.2) is 4.79 Å². The van der Waals surface area contributed by atoms with Crippen molar-refractivity contribution in [1.82, 2.24) is 9.78 Å². The first-order valence-corrected chi connectivity index (χ1v) is 4.70. The molecule has 5 nitrogen and oxygen atoms in total. The molecule has 1 aromatic rings. The molecular formula is C9H12F3N3O2.